The van der Waals surface area contributed by atoms with Crippen molar-refractivity contribution in [2.24, 2.45) is 0 Å². The van der Waals surface area contributed by atoms with Gasteiger partial charge in [0.2, 0.25) is 0 Å². The van der Waals surface area contributed by atoms with Crippen LogP contribution in [0.2, 0.25) is 0 Å². The molecule has 1 unspecified atom stereocenters. The summed E-state index contributed by atoms with van der Waals surface area (Å²) in [5.74, 6) is 0. The average Bonchev–Trinajstić information content (AvgIpc) is 2.79. The molecule has 3 heteroatoms. The number of rotatable bonds is 6. The van der Waals surface area contributed by atoms with E-state index in [2.05, 4.69) is 50.2 Å². The monoisotopic (exact) mass is 295 g/mol. The third-order valence-corrected chi connectivity index (χ3v) is 5.12. The number of piperidine rings is 1. The summed E-state index contributed by atoms with van der Waals surface area (Å²) in [4.78, 5) is 2.77. The predicted molar refractivity (Wildman–Crippen MR) is 91.6 cm³/mol. The molecule has 3 nitrogen and oxygen atoms in total. The van der Waals surface area contributed by atoms with E-state index in [1.807, 2.05) is 0 Å². The number of hydrogen-bond donors (Lipinski definition) is 2. The molecular weight excluding hydrogens is 258 g/mol. The van der Waals surface area contributed by atoms with E-state index < -0.39 is 0 Å². The zero-order valence-corrected chi connectivity index (χ0v) is 15.0. The Kier molecular flexibility index (Phi) is 5.72. The van der Waals surface area contributed by atoms with Gasteiger partial charge in [-0.1, -0.05) is 32.6 Å². The Morgan fingerprint density at radius 3 is 2.29 bits per heavy atom. The topological polar surface area (TPSA) is 27.3 Å². The van der Waals surface area contributed by atoms with Gasteiger partial charge in [0, 0.05) is 30.2 Å². The number of nitrogens with one attached hydrogen (secondary N) is 2. The number of nitrogens with zero attached hydrogens (tertiary/aromatic N) is 1. The van der Waals surface area contributed by atoms with Gasteiger partial charge in [0.15, 0.2) is 0 Å². The second-order valence-corrected chi connectivity index (χ2v) is 8.51. The molecule has 0 amide bonds. The Balaban J connectivity index is 1.92. The van der Waals surface area contributed by atoms with Crippen LogP contribution in [0.15, 0.2) is 0 Å². The van der Waals surface area contributed by atoms with Crippen molar-refractivity contribution in [1.82, 2.24) is 15.5 Å². The molecule has 0 radical (unpaired) electrons. The Morgan fingerprint density at radius 2 is 1.67 bits per heavy atom. The summed E-state index contributed by atoms with van der Waals surface area (Å²) in [6.07, 6.45) is 9.97. The van der Waals surface area contributed by atoms with Crippen molar-refractivity contribution >= 4 is 0 Å². The molecule has 21 heavy (non-hydrogen) atoms. The van der Waals surface area contributed by atoms with Gasteiger partial charge in [-0.25, -0.2) is 0 Å². The fourth-order valence-electron chi connectivity index (χ4n) is 4.61. The van der Waals surface area contributed by atoms with Gasteiger partial charge in [0.25, 0.3) is 0 Å². The molecule has 2 heterocycles. The minimum atomic E-state index is 0.252. The van der Waals surface area contributed by atoms with Crippen LogP contribution < -0.4 is 10.6 Å². The van der Waals surface area contributed by atoms with E-state index in [9.17, 15) is 0 Å². The molecule has 0 spiro atoms. The molecule has 2 aliphatic rings. The second kappa shape index (κ2) is 6.97. The molecule has 2 N–H and O–H groups in total. The maximum atomic E-state index is 3.81. The summed E-state index contributed by atoms with van der Waals surface area (Å²) in [7, 11) is 0. The summed E-state index contributed by atoms with van der Waals surface area (Å²) in [5.41, 5.74) is 0.504. The van der Waals surface area contributed by atoms with Crippen LogP contribution in [0.1, 0.15) is 79.6 Å². The van der Waals surface area contributed by atoms with E-state index in [-0.39, 0.29) is 11.1 Å². The van der Waals surface area contributed by atoms with Crippen molar-refractivity contribution in [3.05, 3.63) is 0 Å². The van der Waals surface area contributed by atoms with Gasteiger partial charge in [-0.3, -0.25) is 4.90 Å². The highest BCUT2D eigenvalue weighted by molar-refractivity contribution is 5.01. The van der Waals surface area contributed by atoms with E-state index in [1.54, 1.807) is 0 Å². The van der Waals surface area contributed by atoms with E-state index in [0.29, 0.717) is 6.17 Å². The molecule has 0 aliphatic carbocycles. The van der Waals surface area contributed by atoms with Crippen molar-refractivity contribution in [3.63, 3.8) is 0 Å². The Morgan fingerprint density at radius 1 is 1.00 bits per heavy atom. The fourth-order valence-corrected chi connectivity index (χ4v) is 4.61. The van der Waals surface area contributed by atoms with Crippen molar-refractivity contribution in [2.45, 2.75) is 103 Å². The average molecular weight is 296 g/mol. The standard InChI is InChI=1S/C18H37N3/c1-6-7-8-9-10-16-19-11-12-21(16)15-13-17(2,3)20-18(4,5)14-15/h15-16,19-20H,6-14H2,1-5H3. The molecule has 0 aromatic heterocycles. The molecule has 1 atom stereocenters. The largest absolute Gasteiger partial charge is 0.307 e. The normalized spacial score (nSPS) is 29.9. The first-order chi connectivity index (χ1) is 9.83. The van der Waals surface area contributed by atoms with Crippen LogP contribution in [0.4, 0.5) is 0 Å². The molecule has 2 saturated heterocycles. The molecular formula is C18H37N3. The molecule has 0 aromatic carbocycles. The molecule has 0 bridgehead atoms. The molecule has 0 aromatic rings. The zero-order chi connectivity index (χ0) is 15.5. The van der Waals surface area contributed by atoms with Gasteiger partial charge in [0.05, 0.1) is 6.17 Å². The molecule has 0 saturated carbocycles. The number of hydrogen-bond acceptors (Lipinski definition) is 3. The lowest BCUT2D eigenvalue weighted by Gasteiger charge is -2.50. The highest BCUT2D eigenvalue weighted by Gasteiger charge is 2.42. The molecule has 2 aliphatic heterocycles. The van der Waals surface area contributed by atoms with Crippen LogP contribution in [0.5, 0.6) is 0 Å². The Bertz CT molecular complexity index is 308. The van der Waals surface area contributed by atoms with Gasteiger partial charge in [0.1, 0.15) is 0 Å². The van der Waals surface area contributed by atoms with Gasteiger partial charge in [-0.2, -0.15) is 0 Å². The van der Waals surface area contributed by atoms with Crippen LogP contribution >= 0.6 is 0 Å². The van der Waals surface area contributed by atoms with E-state index >= 15 is 0 Å². The van der Waals surface area contributed by atoms with Crippen LogP contribution in [-0.2, 0) is 0 Å². The second-order valence-electron chi connectivity index (χ2n) is 8.51. The Labute approximate surface area is 132 Å². The first-order valence-corrected chi connectivity index (χ1v) is 9.11. The van der Waals surface area contributed by atoms with E-state index in [0.717, 1.165) is 6.04 Å². The van der Waals surface area contributed by atoms with Crippen LogP contribution in [0.3, 0.4) is 0 Å². The highest BCUT2D eigenvalue weighted by Crippen LogP contribution is 2.33. The van der Waals surface area contributed by atoms with Gasteiger partial charge < -0.3 is 10.6 Å². The lowest BCUT2D eigenvalue weighted by atomic mass is 9.79. The third kappa shape index (κ3) is 4.94. The maximum absolute atomic E-state index is 3.81. The minimum absolute atomic E-state index is 0.252. The van der Waals surface area contributed by atoms with Crippen LogP contribution in [0.25, 0.3) is 0 Å². The van der Waals surface area contributed by atoms with Crippen molar-refractivity contribution in [1.29, 1.82) is 0 Å². The summed E-state index contributed by atoms with van der Waals surface area (Å²) in [5, 5.41) is 7.55. The summed E-state index contributed by atoms with van der Waals surface area (Å²) in [6.45, 7) is 14.1. The number of unbranched alkanes of at least 4 members (excludes halogenated alkanes) is 3. The van der Waals surface area contributed by atoms with Crippen LogP contribution in [-0.4, -0.2) is 41.3 Å². The van der Waals surface area contributed by atoms with E-state index in [1.165, 1.54) is 58.0 Å². The molecule has 2 fully saturated rings. The van der Waals surface area contributed by atoms with Crippen LogP contribution in [0, 0.1) is 0 Å². The SMILES string of the molecule is CCCCCCC1NCCN1C1CC(C)(C)NC(C)(C)C1. The highest BCUT2D eigenvalue weighted by atomic mass is 15.3. The van der Waals surface area contributed by atoms with Crippen molar-refractivity contribution in [2.75, 3.05) is 13.1 Å². The van der Waals surface area contributed by atoms with Gasteiger partial charge in [-0.05, 0) is 47.0 Å². The minimum Gasteiger partial charge on any atom is -0.307 e. The van der Waals surface area contributed by atoms with Crippen molar-refractivity contribution < 1.29 is 0 Å². The Hall–Kier alpha value is -0.120. The first kappa shape index (κ1) is 17.2. The van der Waals surface area contributed by atoms with Crippen molar-refractivity contribution in [3.8, 4) is 0 Å². The summed E-state index contributed by atoms with van der Waals surface area (Å²) >= 11 is 0. The summed E-state index contributed by atoms with van der Waals surface area (Å²) in [6, 6.07) is 0.724. The zero-order valence-electron chi connectivity index (χ0n) is 15.0. The van der Waals surface area contributed by atoms with Gasteiger partial charge >= 0.3 is 0 Å². The predicted octanol–water partition coefficient (Wildman–Crippen LogP) is 3.50. The quantitative estimate of drug-likeness (QED) is 0.735. The summed E-state index contributed by atoms with van der Waals surface area (Å²) < 4.78 is 0. The third-order valence-electron chi connectivity index (χ3n) is 5.12. The molecule has 2 rings (SSSR count). The van der Waals surface area contributed by atoms with E-state index in [4.69, 9.17) is 0 Å². The lowest BCUT2D eigenvalue weighted by molar-refractivity contribution is 0.0528. The molecule has 124 valence electrons. The van der Waals surface area contributed by atoms with Gasteiger partial charge in [-0.15, -0.1) is 0 Å². The smallest absolute Gasteiger partial charge is 0.0600 e. The first-order valence-electron chi connectivity index (χ1n) is 9.11. The lowest BCUT2D eigenvalue weighted by Crippen LogP contribution is -2.63. The maximum Gasteiger partial charge on any atom is 0.0600 e. The fraction of sp³-hybridized carbons (Fsp3) is 1.00.